The average molecular weight is 414 g/mol. The number of para-hydroxylation sites is 1. The number of nitrogens with one attached hydrogen (secondary N) is 1. The van der Waals surface area contributed by atoms with E-state index in [1.54, 1.807) is 23.7 Å². The zero-order valence-electron chi connectivity index (χ0n) is 16.8. The molecule has 0 spiro atoms. The van der Waals surface area contributed by atoms with Crippen molar-refractivity contribution in [3.8, 4) is 17.3 Å². The third-order valence-corrected chi connectivity index (χ3v) is 5.69. The molecule has 30 heavy (non-hydrogen) atoms. The molecule has 0 saturated carbocycles. The molecule has 0 saturated heterocycles. The molecule has 0 fully saturated rings. The predicted molar refractivity (Wildman–Crippen MR) is 121 cm³/mol. The van der Waals surface area contributed by atoms with Crippen molar-refractivity contribution < 1.29 is 4.42 Å². The smallest absolute Gasteiger partial charge is 0.345 e. The SMILES string of the molecule is Cc1cc(C)c(N/C=C(\C#N)c2nc(-c3cc4ccccc4oc3=O)cs2)c(C)c1. The third kappa shape index (κ3) is 3.76. The van der Waals surface area contributed by atoms with E-state index in [1.807, 2.05) is 32.0 Å². The van der Waals surface area contributed by atoms with Crippen molar-refractivity contribution in [2.75, 3.05) is 5.32 Å². The molecule has 5 nitrogen and oxygen atoms in total. The maximum atomic E-state index is 12.4. The Labute approximate surface area is 177 Å². The minimum absolute atomic E-state index is 0.381. The highest BCUT2D eigenvalue weighted by molar-refractivity contribution is 7.11. The number of aryl methyl sites for hydroxylation is 3. The molecule has 0 bridgehead atoms. The summed E-state index contributed by atoms with van der Waals surface area (Å²) < 4.78 is 5.40. The van der Waals surface area contributed by atoms with Gasteiger partial charge in [-0.25, -0.2) is 9.78 Å². The van der Waals surface area contributed by atoms with E-state index >= 15 is 0 Å². The second kappa shape index (κ2) is 7.97. The van der Waals surface area contributed by atoms with Crippen LogP contribution in [0.5, 0.6) is 0 Å². The van der Waals surface area contributed by atoms with E-state index in [9.17, 15) is 10.1 Å². The summed E-state index contributed by atoms with van der Waals surface area (Å²) in [6, 6.07) is 15.5. The van der Waals surface area contributed by atoms with Crippen LogP contribution in [0.2, 0.25) is 0 Å². The number of benzene rings is 2. The van der Waals surface area contributed by atoms with Crippen LogP contribution < -0.4 is 10.9 Å². The van der Waals surface area contributed by atoms with Gasteiger partial charge < -0.3 is 9.73 Å². The molecule has 2 aromatic heterocycles. The Morgan fingerprint density at radius 1 is 1.17 bits per heavy atom. The summed E-state index contributed by atoms with van der Waals surface area (Å²) in [7, 11) is 0. The van der Waals surface area contributed by atoms with Crippen LogP contribution in [0.3, 0.4) is 0 Å². The Morgan fingerprint density at radius 3 is 2.63 bits per heavy atom. The molecular weight excluding hydrogens is 394 g/mol. The summed E-state index contributed by atoms with van der Waals surface area (Å²) in [5.74, 6) is 0. The first-order valence-electron chi connectivity index (χ1n) is 9.40. The molecule has 2 heterocycles. The second-order valence-electron chi connectivity index (χ2n) is 7.11. The Kier molecular flexibility index (Phi) is 5.21. The summed E-state index contributed by atoms with van der Waals surface area (Å²) in [4.78, 5) is 16.9. The number of fused-ring (bicyclic) bond motifs is 1. The van der Waals surface area contributed by atoms with Crippen LogP contribution in [0.15, 0.2) is 63.3 Å². The van der Waals surface area contributed by atoms with Crippen LogP contribution in [0, 0.1) is 32.1 Å². The van der Waals surface area contributed by atoms with Crippen LogP contribution >= 0.6 is 11.3 Å². The number of thiazole rings is 1. The van der Waals surface area contributed by atoms with Gasteiger partial charge in [0, 0.05) is 22.7 Å². The molecule has 0 atom stereocenters. The van der Waals surface area contributed by atoms with Crippen LogP contribution in [-0.2, 0) is 0 Å². The Hall–Kier alpha value is -3.69. The minimum Gasteiger partial charge on any atom is -0.422 e. The topological polar surface area (TPSA) is 78.9 Å². The Bertz CT molecular complexity index is 1370. The van der Waals surface area contributed by atoms with E-state index in [0.717, 1.165) is 22.2 Å². The van der Waals surface area contributed by atoms with Gasteiger partial charge in [0.15, 0.2) is 0 Å². The molecule has 0 aliphatic rings. The Balaban J connectivity index is 1.68. The third-order valence-electron chi connectivity index (χ3n) is 4.81. The van der Waals surface area contributed by atoms with Crippen LogP contribution in [0.25, 0.3) is 27.8 Å². The van der Waals surface area contributed by atoms with Crippen LogP contribution in [0.4, 0.5) is 5.69 Å². The average Bonchev–Trinajstić information content (AvgIpc) is 3.19. The van der Waals surface area contributed by atoms with E-state index in [-0.39, 0.29) is 0 Å². The van der Waals surface area contributed by atoms with Crippen molar-refractivity contribution in [3.05, 3.63) is 86.2 Å². The fraction of sp³-hybridized carbons (Fsp3) is 0.125. The summed E-state index contributed by atoms with van der Waals surface area (Å²) in [5, 5.41) is 16.0. The number of anilines is 1. The van der Waals surface area contributed by atoms with Crippen molar-refractivity contribution in [1.82, 2.24) is 4.98 Å². The van der Waals surface area contributed by atoms with Crippen LogP contribution in [-0.4, -0.2) is 4.98 Å². The molecule has 4 aromatic rings. The number of nitriles is 1. The van der Waals surface area contributed by atoms with E-state index in [4.69, 9.17) is 4.42 Å². The van der Waals surface area contributed by atoms with E-state index in [2.05, 4.69) is 35.4 Å². The molecular formula is C24H19N3O2S. The van der Waals surface area contributed by atoms with Crippen molar-refractivity contribution in [3.63, 3.8) is 0 Å². The van der Waals surface area contributed by atoms with E-state index < -0.39 is 5.63 Å². The van der Waals surface area contributed by atoms with E-state index in [1.165, 1.54) is 16.9 Å². The van der Waals surface area contributed by atoms with E-state index in [0.29, 0.717) is 27.4 Å². The van der Waals surface area contributed by atoms with Gasteiger partial charge in [0.05, 0.1) is 11.3 Å². The molecule has 0 aliphatic carbocycles. The van der Waals surface area contributed by atoms with Gasteiger partial charge in [-0.2, -0.15) is 5.26 Å². The Morgan fingerprint density at radius 2 is 1.90 bits per heavy atom. The maximum absolute atomic E-state index is 12.4. The van der Waals surface area contributed by atoms with Crippen molar-refractivity contribution in [2.45, 2.75) is 20.8 Å². The molecule has 148 valence electrons. The fourth-order valence-corrected chi connectivity index (χ4v) is 4.24. The minimum atomic E-state index is -0.447. The normalized spacial score (nSPS) is 11.5. The number of hydrogen-bond acceptors (Lipinski definition) is 6. The van der Waals surface area contributed by atoms with Gasteiger partial charge in [-0.1, -0.05) is 35.9 Å². The molecule has 2 aromatic carbocycles. The maximum Gasteiger partial charge on any atom is 0.345 e. The first-order chi connectivity index (χ1) is 14.5. The number of aromatic nitrogens is 1. The number of rotatable bonds is 4. The van der Waals surface area contributed by atoms with Gasteiger partial charge in [-0.05, 0) is 44.0 Å². The fourth-order valence-electron chi connectivity index (χ4n) is 3.46. The summed E-state index contributed by atoms with van der Waals surface area (Å²) >= 11 is 1.31. The lowest BCUT2D eigenvalue weighted by atomic mass is 10.1. The van der Waals surface area contributed by atoms with Gasteiger partial charge in [0.2, 0.25) is 0 Å². The zero-order chi connectivity index (χ0) is 21.3. The molecule has 1 N–H and O–H groups in total. The van der Waals surface area contributed by atoms with Gasteiger partial charge in [0.1, 0.15) is 22.2 Å². The predicted octanol–water partition coefficient (Wildman–Crippen LogP) is 5.82. The van der Waals surface area contributed by atoms with Crippen molar-refractivity contribution >= 4 is 33.6 Å². The quantitative estimate of drug-likeness (QED) is 0.337. The summed E-state index contributed by atoms with van der Waals surface area (Å²) in [5.41, 5.74) is 5.74. The van der Waals surface area contributed by atoms with Gasteiger partial charge >= 0.3 is 5.63 Å². The molecule has 0 amide bonds. The van der Waals surface area contributed by atoms with Crippen LogP contribution in [0.1, 0.15) is 21.7 Å². The highest BCUT2D eigenvalue weighted by Gasteiger charge is 2.14. The van der Waals surface area contributed by atoms with Gasteiger partial charge in [-0.3, -0.25) is 0 Å². The summed E-state index contributed by atoms with van der Waals surface area (Å²) in [6.45, 7) is 6.12. The standard InChI is InChI=1S/C24H19N3O2S/c1-14-8-15(2)22(16(3)9-14)26-12-18(11-25)23-27-20(13-30-23)19-10-17-6-4-5-7-21(17)29-24(19)28/h4-10,12-13,26H,1-3H3/b18-12+. The first kappa shape index (κ1) is 19.6. The first-order valence-corrected chi connectivity index (χ1v) is 10.3. The molecule has 0 radical (unpaired) electrons. The molecule has 6 heteroatoms. The van der Waals surface area contributed by atoms with Crippen molar-refractivity contribution in [1.29, 1.82) is 5.26 Å². The molecule has 4 rings (SSSR count). The highest BCUT2D eigenvalue weighted by Crippen LogP contribution is 2.27. The largest absolute Gasteiger partial charge is 0.422 e. The second-order valence-corrected chi connectivity index (χ2v) is 7.97. The zero-order valence-corrected chi connectivity index (χ0v) is 17.6. The lowest BCUT2D eigenvalue weighted by Crippen LogP contribution is -2.03. The lowest BCUT2D eigenvalue weighted by molar-refractivity contribution is 0.563. The number of nitrogens with zero attached hydrogens (tertiary/aromatic N) is 2. The van der Waals surface area contributed by atoms with Gasteiger partial charge in [0.25, 0.3) is 0 Å². The van der Waals surface area contributed by atoms with Crippen molar-refractivity contribution in [2.24, 2.45) is 0 Å². The highest BCUT2D eigenvalue weighted by atomic mass is 32.1. The monoisotopic (exact) mass is 413 g/mol. The number of hydrogen-bond donors (Lipinski definition) is 1. The lowest BCUT2D eigenvalue weighted by Gasteiger charge is -2.11. The molecule has 0 aliphatic heterocycles. The van der Waals surface area contributed by atoms with Gasteiger partial charge in [-0.15, -0.1) is 11.3 Å². The number of allylic oxidation sites excluding steroid dienone is 1. The summed E-state index contributed by atoms with van der Waals surface area (Å²) in [6.07, 6.45) is 1.66. The molecule has 0 unspecified atom stereocenters.